The minimum Gasteiger partial charge on any atom is -0.388 e. The highest BCUT2D eigenvalue weighted by Crippen LogP contribution is 2.33. The average molecular weight is 212 g/mol. The molecule has 80 valence electrons. The fourth-order valence-corrected chi connectivity index (χ4v) is 1.29. The SMILES string of the molecule is CC(O)c1c([N+](=O)[O-])cccc1[N+](=O)[O-]. The molecule has 1 aromatic rings. The van der Waals surface area contributed by atoms with Crippen LogP contribution in [0.15, 0.2) is 18.2 Å². The fourth-order valence-electron chi connectivity index (χ4n) is 1.29. The molecular formula is C8H8N2O5. The molecule has 0 aliphatic carbocycles. The van der Waals surface area contributed by atoms with Gasteiger partial charge in [-0.3, -0.25) is 20.2 Å². The second-order valence-corrected chi connectivity index (χ2v) is 2.90. The van der Waals surface area contributed by atoms with E-state index in [1.807, 2.05) is 0 Å². The number of nitrogens with zero attached hydrogens (tertiary/aromatic N) is 2. The molecule has 15 heavy (non-hydrogen) atoms. The molecule has 0 bridgehead atoms. The summed E-state index contributed by atoms with van der Waals surface area (Å²) in [6, 6.07) is 3.45. The lowest BCUT2D eigenvalue weighted by Crippen LogP contribution is -2.03. The highest BCUT2D eigenvalue weighted by Gasteiger charge is 2.27. The third-order valence-corrected chi connectivity index (χ3v) is 1.87. The van der Waals surface area contributed by atoms with E-state index >= 15 is 0 Å². The number of hydrogen-bond acceptors (Lipinski definition) is 5. The van der Waals surface area contributed by atoms with Crippen molar-refractivity contribution in [1.82, 2.24) is 0 Å². The van der Waals surface area contributed by atoms with Crippen LogP contribution in [0.3, 0.4) is 0 Å². The van der Waals surface area contributed by atoms with Crippen LogP contribution in [-0.4, -0.2) is 15.0 Å². The minimum atomic E-state index is -1.26. The summed E-state index contributed by atoms with van der Waals surface area (Å²) in [5.41, 5.74) is -1.16. The Morgan fingerprint density at radius 1 is 1.20 bits per heavy atom. The molecular weight excluding hydrogens is 204 g/mol. The predicted molar refractivity (Wildman–Crippen MR) is 50.4 cm³/mol. The summed E-state index contributed by atoms with van der Waals surface area (Å²) in [4.78, 5) is 19.6. The first-order valence-corrected chi connectivity index (χ1v) is 4.05. The summed E-state index contributed by atoms with van der Waals surface area (Å²) in [7, 11) is 0. The van der Waals surface area contributed by atoms with Crippen LogP contribution in [0.4, 0.5) is 11.4 Å². The molecule has 1 rings (SSSR count). The second kappa shape index (κ2) is 4.01. The molecule has 7 heteroatoms. The smallest absolute Gasteiger partial charge is 0.282 e. The number of aliphatic hydroxyl groups excluding tert-OH is 1. The number of rotatable bonds is 3. The van der Waals surface area contributed by atoms with Crippen molar-refractivity contribution in [2.75, 3.05) is 0 Å². The van der Waals surface area contributed by atoms with Crippen LogP contribution in [-0.2, 0) is 0 Å². The minimum absolute atomic E-state index is 0.271. The molecule has 0 saturated heterocycles. The normalized spacial score (nSPS) is 12.1. The van der Waals surface area contributed by atoms with Gasteiger partial charge in [0, 0.05) is 12.1 Å². The van der Waals surface area contributed by atoms with Gasteiger partial charge in [-0.1, -0.05) is 0 Å². The number of aliphatic hydroxyl groups is 1. The van der Waals surface area contributed by atoms with Crippen LogP contribution in [0.1, 0.15) is 18.6 Å². The molecule has 0 heterocycles. The zero-order valence-corrected chi connectivity index (χ0v) is 7.78. The lowest BCUT2D eigenvalue weighted by Gasteiger charge is -2.05. The van der Waals surface area contributed by atoms with E-state index < -0.39 is 27.3 Å². The number of hydrogen-bond donors (Lipinski definition) is 1. The molecule has 7 nitrogen and oxygen atoms in total. The van der Waals surface area contributed by atoms with Gasteiger partial charge in [0.25, 0.3) is 11.4 Å². The van der Waals surface area contributed by atoms with Crippen LogP contribution >= 0.6 is 0 Å². The third-order valence-electron chi connectivity index (χ3n) is 1.87. The van der Waals surface area contributed by atoms with Gasteiger partial charge >= 0.3 is 0 Å². The summed E-state index contributed by atoms with van der Waals surface area (Å²) in [5.74, 6) is 0. The average Bonchev–Trinajstić information content (AvgIpc) is 2.16. The number of nitro groups is 2. The van der Waals surface area contributed by atoms with Gasteiger partial charge in [-0.15, -0.1) is 0 Å². The molecule has 1 N–H and O–H groups in total. The van der Waals surface area contributed by atoms with Gasteiger partial charge in [0.15, 0.2) is 0 Å². The Kier molecular flexibility index (Phi) is 2.96. The van der Waals surface area contributed by atoms with Crippen molar-refractivity contribution in [3.8, 4) is 0 Å². The van der Waals surface area contributed by atoms with Gasteiger partial charge in [0.05, 0.1) is 16.0 Å². The van der Waals surface area contributed by atoms with Gasteiger partial charge < -0.3 is 5.11 Å². The molecule has 0 spiro atoms. The monoisotopic (exact) mass is 212 g/mol. The number of benzene rings is 1. The molecule has 0 aliphatic rings. The molecule has 1 aromatic carbocycles. The highest BCUT2D eigenvalue weighted by atomic mass is 16.6. The van der Waals surface area contributed by atoms with Crippen LogP contribution in [0.25, 0.3) is 0 Å². The molecule has 1 unspecified atom stereocenters. The summed E-state index contributed by atoms with van der Waals surface area (Å²) >= 11 is 0. The maximum atomic E-state index is 10.6. The lowest BCUT2D eigenvalue weighted by molar-refractivity contribution is -0.396. The van der Waals surface area contributed by atoms with Crippen molar-refractivity contribution in [3.05, 3.63) is 44.0 Å². The standard InChI is InChI=1S/C8H8N2O5/c1-5(11)8-6(9(12)13)3-2-4-7(8)10(14)15/h2-5,11H,1H3. The largest absolute Gasteiger partial charge is 0.388 e. The maximum absolute atomic E-state index is 10.6. The van der Waals surface area contributed by atoms with E-state index in [-0.39, 0.29) is 5.56 Å². The van der Waals surface area contributed by atoms with E-state index in [0.717, 1.165) is 12.1 Å². The topological polar surface area (TPSA) is 107 Å². The Morgan fingerprint density at radius 3 is 1.87 bits per heavy atom. The van der Waals surface area contributed by atoms with Crippen LogP contribution < -0.4 is 0 Å². The molecule has 1 atom stereocenters. The van der Waals surface area contributed by atoms with Crippen molar-refractivity contribution >= 4 is 11.4 Å². The first-order chi connectivity index (χ1) is 6.95. The summed E-state index contributed by atoms with van der Waals surface area (Å²) in [6.45, 7) is 1.25. The molecule has 0 fully saturated rings. The van der Waals surface area contributed by atoms with Crippen molar-refractivity contribution in [1.29, 1.82) is 0 Å². The predicted octanol–water partition coefficient (Wildman–Crippen LogP) is 1.56. The van der Waals surface area contributed by atoms with Gasteiger partial charge in [-0.05, 0) is 13.0 Å². The first-order valence-electron chi connectivity index (χ1n) is 4.05. The van der Waals surface area contributed by atoms with Gasteiger partial charge in [0.1, 0.15) is 5.56 Å². The number of nitro benzene ring substituents is 2. The maximum Gasteiger partial charge on any atom is 0.282 e. The lowest BCUT2D eigenvalue weighted by atomic mass is 10.1. The van der Waals surface area contributed by atoms with Crippen LogP contribution in [0, 0.1) is 20.2 Å². The van der Waals surface area contributed by atoms with E-state index in [0.29, 0.717) is 0 Å². The van der Waals surface area contributed by atoms with Gasteiger partial charge in [-0.2, -0.15) is 0 Å². The second-order valence-electron chi connectivity index (χ2n) is 2.90. The van der Waals surface area contributed by atoms with Gasteiger partial charge in [-0.25, -0.2) is 0 Å². The summed E-state index contributed by atoms with van der Waals surface area (Å²) in [6.07, 6.45) is -1.26. The summed E-state index contributed by atoms with van der Waals surface area (Å²) in [5, 5.41) is 30.4. The molecule has 0 radical (unpaired) electrons. The quantitative estimate of drug-likeness (QED) is 0.604. The molecule has 0 amide bonds. The molecule has 0 aliphatic heterocycles. The zero-order chi connectivity index (χ0) is 11.6. The van der Waals surface area contributed by atoms with Crippen molar-refractivity contribution in [3.63, 3.8) is 0 Å². The fraction of sp³-hybridized carbons (Fsp3) is 0.250. The Labute approximate surface area is 84.3 Å². The first kappa shape index (κ1) is 11.1. The Hall–Kier alpha value is -2.02. The Morgan fingerprint density at radius 2 is 1.60 bits per heavy atom. The van der Waals surface area contributed by atoms with E-state index in [4.69, 9.17) is 0 Å². The Bertz CT molecular complexity index is 383. The summed E-state index contributed by atoms with van der Waals surface area (Å²) < 4.78 is 0. The van der Waals surface area contributed by atoms with E-state index in [2.05, 4.69) is 0 Å². The van der Waals surface area contributed by atoms with Crippen molar-refractivity contribution < 1.29 is 15.0 Å². The van der Waals surface area contributed by atoms with Crippen molar-refractivity contribution in [2.24, 2.45) is 0 Å². The van der Waals surface area contributed by atoms with Gasteiger partial charge in [0.2, 0.25) is 0 Å². The van der Waals surface area contributed by atoms with Crippen LogP contribution in [0.5, 0.6) is 0 Å². The van der Waals surface area contributed by atoms with E-state index in [1.54, 1.807) is 0 Å². The van der Waals surface area contributed by atoms with E-state index in [1.165, 1.54) is 13.0 Å². The van der Waals surface area contributed by atoms with E-state index in [9.17, 15) is 25.3 Å². The molecule has 0 aromatic heterocycles. The third kappa shape index (κ3) is 2.08. The molecule has 0 saturated carbocycles. The zero-order valence-electron chi connectivity index (χ0n) is 7.78. The van der Waals surface area contributed by atoms with Crippen molar-refractivity contribution in [2.45, 2.75) is 13.0 Å². The Balaban J connectivity index is 3.48. The highest BCUT2D eigenvalue weighted by molar-refractivity contribution is 5.54. The van der Waals surface area contributed by atoms with Crippen LogP contribution in [0.2, 0.25) is 0 Å².